The van der Waals surface area contributed by atoms with Crippen molar-refractivity contribution >= 4 is 51.4 Å². The van der Waals surface area contributed by atoms with Crippen LogP contribution in [0, 0.1) is 13.8 Å². The summed E-state index contributed by atoms with van der Waals surface area (Å²) in [6, 6.07) is 6.24. The molecule has 1 aliphatic heterocycles. The van der Waals surface area contributed by atoms with Crippen molar-refractivity contribution in [1.29, 1.82) is 0 Å². The molecule has 7 nitrogen and oxygen atoms in total. The first-order valence-electron chi connectivity index (χ1n) is 8.14. The average Bonchev–Trinajstić information content (AvgIpc) is 2.91. The maximum absolute atomic E-state index is 12.9. The molecule has 0 unspecified atom stereocenters. The second-order valence-corrected chi connectivity index (χ2v) is 7.35. The Bertz CT molecular complexity index is 971. The Kier molecular flexibility index (Phi) is 4.93. The lowest BCUT2D eigenvalue weighted by molar-refractivity contribution is -0.122. The van der Waals surface area contributed by atoms with Gasteiger partial charge in [-0.25, -0.2) is 9.69 Å². The number of nitrogens with one attached hydrogen (secondary N) is 1. The highest BCUT2D eigenvalue weighted by molar-refractivity contribution is 9.10. The van der Waals surface area contributed by atoms with Crippen LogP contribution in [0.15, 0.2) is 38.7 Å². The molecule has 1 aromatic heterocycles. The lowest BCUT2D eigenvalue weighted by atomic mass is 10.1. The van der Waals surface area contributed by atoms with Gasteiger partial charge in [-0.15, -0.1) is 0 Å². The number of hydrogen-bond donors (Lipinski definition) is 1. The highest BCUT2D eigenvalue weighted by Gasteiger charge is 2.37. The molecule has 0 bridgehead atoms. The summed E-state index contributed by atoms with van der Waals surface area (Å²) in [4.78, 5) is 40.2. The Morgan fingerprint density at radius 1 is 1.07 bits per heavy atom. The van der Waals surface area contributed by atoms with E-state index in [1.165, 1.54) is 6.08 Å². The minimum Gasteiger partial charge on any atom is -0.440 e. The minimum atomic E-state index is -0.776. The average molecular weight is 432 g/mol. The van der Waals surface area contributed by atoms with Crippen molar-refractivity contribution in [3.8, 4) is 0 Å². The predicted molar refractivity (Wildman–Crippen MR) is 106 cm³/mol. The van der Waals surface area contributed by atoms with E-state index in [0.717, 1.165) is 16.0 Å². The van der Waals surface area contributed by atoms with Gasteiger partial charge in [-0.2, -0.15) is 0 Å². The van der Waals surface area contributed by atoms with Crippen LogP contribution in [-0.4, -0.2) is 31.9 Å². The summed E-state index contributed by atoms with van der Waals surface area (Å²) in [5.41, 5.74) is 2.03. The number of benzene rings is 1. The smallest absolute Gasteiger partial charge is 0.335 e. The Labute approximate surface area is 164 Å². The number of carbonyl (C=O) groups is 3. The van der Waals surface area contributed by atoms with Gasteiger partial charge in [-0.05, 0) is 59.1 Å². The van der Waals surface area contributed by atoms with Crippen LogP contribution in [-0.2, 0) is 9.59 Å². The second kappa shape index (κ2) is 7.03. The molecule has 0 radical (unpaired) electrons. The predicted octanol–water partition coefficient (Wildman–Crippen LogP) is 3.39. The maximum Gasteiger partial charge on any atom is 0.335 e. The first kappa shape index (κ1) is 18.9. The van der Waals surface area contributed by atoms with Crippen molar-refractivity contribution in [3.63, 3.8) is 0 Å². The van der Waals surface area contributed by atoms with Crippen LogP contribution in [0.5, 0.6) is 0 Å². The largest absolute Gasteiger partial charge is 0.440 e. The topological polar surface area (TPSA) is 82.9 Å². The number of rotatable bonds is 3. The molecule has 1 fully saturated rings. The number of urea groups is 1. The number of imide groups is 2. The molecule has 0 spiro atoms. The SMILES string of the molecule is Cc1cc(C)cc(N2C(=O)NC(=O)/C(=C\c3cc(Br)c(N(C)C)o3)C2=O)c1. The number of furan rings is 1. The van der Waals surface area contributed by atoms with Crippen LogP contribution < -0.4 is 15.1 Å². The van der Waals surface area contributed by atoms with E-state index in [-0.39, 0.29) is 5.57 Å². The summed E-state index contributed by atoms with van der Waals surface area (Å²) < 4.78 is 6.33. The molecule has 0 atom stereocenters. The molecule has 1 saturated heterocycles. The Morgan fingerprint density at radius 3 is 2.26 bits per heavy atom. The zero-order valence-electron chi connectivity index (χ0n) is 15.3. The van der Waals surface area contributed by atoms with E-state index in [0.29, 0.717) is 21.8 Å². The molecule has 1 N–H and O–H groups in total. The fourth-order valence-electron chi connectivity index (χ4n) is 2.87. The molecule has 1 aliphatic rings. The number of barbiturate groups is 1. The van der Waals surface area contributed by atoms with Crippen molar-refractivity contribution in [2.75, 3.05) is 23.9 Å². The molecule has 8 heteroatoms. The minimum absolute atomic E-state index is 0.180. The van der Waals surface area contributed by atoms with E-state index < -0.39 is 17.8 Å². The molecule has 3 rings (SSSR count). The third-order valence-corrected chi connectivity index (χ3v) is 4.52. The van der Waals surface area contributed by atoms with E-state index in [1.807, 2.05) is 19.9 Å². The molecule has 2 heterocycles. The molecule has 0 aliphatic carbocycles. The first-order chi connectivity index (χ1) is 12.7. The van der Waals surface area contributed by atoms with Gasteiger partial charge >= 0.3 is 6.03 Å². The van der Waals surface area contributed by atoms with Gasteiger partial charge in [0.25, 0.3) is 11.8 Å². The fourth-order valence-corrected chi connectivity index (χ4v) is 3.53. The first-order valence-corrected chi connectivity index (χ1v) is 8.93. The molecule has 140 valence electrons. The van der Waals surface area contributed by atoms with Gasteiger partial charge in [0.05, 0.1) is 10.2 Å². The molecule has 4 amide bonds. The van der Waals surface area contributed by atoms with Gasteiger partial charge in [-0.1, -0.05) is 6.07 Å². The summed E-state index contributed by atoms with van der Waals surface area (Å²) >= 11 is 3.37. The van der Waals surface area contributed by atoms with Crippen LogP contribution >= 0.6 is 15.9 Å². The molecule has 2 aromatic rings. The van der Waals surface area contributed by atoms with E-state index >= 15 is 0 Å². The number of halogens is 1. The molecular weight excluding hydrogens is 414 g/mol. The summed E-state index contributed by atoms with van der Waals surface area (Å²) in [7, 11) is 3.61. The normalized spacial score (nSPS) is 16.1. The van der Waals surface area contributed by atoms with Gasteiger partial charge in [-0.3, -0.25) is 14.9 Å². The summed E-state index contributed by atoms with van der Waals surface area (Å²) in [5.74, 6) is -0.594. The van der Waals surface area contributed by atoms with Gasteiger partial charge in [0, 0.05) is 20.2 Å². The van der Waals surface area contributed by atoms with Crippen molar-refractivity contribution < 1.29 is 18.8 Å². The number of carbonyl (C=O) groups excluding carboxylic acids is 3. The quantitative estimate of drug-likeness (QED) is 0.594. The van der Waals surface area contributed by atoms with Crippen LogP contribution in [0.3, 0.4) is 0 Å². The standard InChI is InChI=1S/C19H18BrN3O4/c1-10-5-11(2)7-12(6-10)23-17(25)14(16(24)21-19(23)26)8-13-9-15(20)18(27-13)22(3)4/h5-9H,1-4H3,(H,21,24,26)/b14-8+. The zero-order chi connectivity index (χ0) is 19.9. The van der Waals surface area contributed by atoms with Gasteiger partial charge in [0.2, 0.25) is 5.88 Å². The van der Waals surface area contributed by atoms with Crippen LogP contribution in [0.25, 0.3) is 6.08 Å². The Morgan fingerprint density at radius 2 is 1.70 bits per heavy atom. The van der Waals surface area contributed by atoms with Crippen LogP contribution in [0.2, 0.25) is 0 Å². The van der Waals surface area contributed by atoms with Crippen LogP contribution in [0.1, 0.15) is 16.9 Å². The number of nitrogens with zero attached hydrogens (tertiary/aromatic N) is 2. The Hall–Kier alpha value is -2.87. The van der Waals surface area contributed by atoms with Gasteiger partial charge in [0.15, 0.2) is 0 Å². The van der Waals surface area contributed by atoms with E-state index in [4.69, 9.17) is 4.42 Å². The van der Waals surface area contributed by atoms with Crippen molar-refractivity contribution in [1.82, 2.24) is 5.32 Å². The fraction of sp³-hybridized carbons (Fsp3) is 0.211. The molecule has 0 saturated carbocycles. The molecule has 27 heavy (non-hydrogen) atoms. The molecular formula is C19H18BrN3O4. The highest BCUT2D eigenvalue weighted by Crippen LogP contribution is 2.31. The second-order valence-electron chi connectivity index (χ2n) is 6.50. The third kappa shape index (κ3) is 3.66. The number of anilines is 2. The lowest BCUT2D eigenvalue weighted by Crippen LogP contribution is -2.54. The zero-order valence-corrected chi connectivity index (χ0v) is 16.9. The number of amides is 4. The van der Waals surface area contributed by atoms with E-state index in [2.05, 4.69) is 21.2 Å². The van der Waals surface area contributed by atoms with Crippen molar-refractivity contribution in [2.24, 2.45) is 0 Å². The monoisotopic (exact) mass is 431 g/mol. The van der Waals surface area contributed by atoms with Crippen LogP contribution in [0.4, 0.5) is 16.4 Å². The van der Waals surface area contributed by atoms with Gasteiger partial charge < -0.3 is 9.32 Å². The summed E-state index contributed by atoms with van der Waals surface area (Å²) in [6.07, 6.45) is 1.33. The summed E-state index contributed by atoms with van der Waals surface area (Å²) in [6.45, 7) is 3.74. The number of aryl methyl sites for hydroxylation is 2. The van der Waals surface area contributed by atoms with E-state index in [1.54, 1.807) is 37.2 Å². The number of hydrogen-bond acceptors (Lipinski definition) is 5. The lowest BCUT2D eigenvalue weighted by Gasteiger charge is -2.26. The molecule has 1 aromatic carbocycles. The van der Waals surface area contributed by atoms with Crippen molar-refractivity contribution in [2.45, 2.75) is 13.8 Å². The van der Waals surface area contributed by atoms with Gasteiger partial charge in [0.1, 0.15) is 11.3 Å². The highest BCUT2D eigenvalue weighted by atomic mass is 79.9. The van der Waals surface area contributed by atoms with E-state index in [9.17, 15) is 14.4 Å². The third-order valence-electron chi connectivity index (χ3n) is 3.95. The summed E-state index contributed by atoms with van der Waals surface area (Å²) in [5, 5.41) is 2.21. The maximum atomic E-state index is 12.9. The van der Waals surface area contributed by atoms with Crippen molar-refractivity contribution in [3.05, 3.63) is 51.2 Å². The Balaban J connectivity index is 2.03.